The standard InChI is InChI=1S/C22H20O6/c1-11(2)15-9-14-16(27-15)10-17-18(21(14)25-3)19(24)22(26-4)20(28-17)12-5-7-13(23)8-6-12/h5-8,10,15,23H,1,9H2,2-4H3/t15-/m0/s1. The summed E-state index contributed by atoms with van der Waals surface area (Å²) in [5, 5.41) is 9.85. The first-order chi connectivity index (χ1) is 13.4. The van der Waals surface area contributed by atoms with Gasteiger partial charge in [0.25, 0.3) is 0 Å². The maximum Gasteiger partial charge on any atom is 0.239 e. The van der Waals surface area contributed by atoms with Crippen LogP contribution >= 0.6 is 0 Å². The molecule has 0 radical (unpaired) electrons. The average Bonchev–Trinajstić information content (AvgIpc) is 3.11. The maximum atomic E-state index is 13.2. The molecule has 28 heavy (non-hydrogen) atoms. The number of phenols is 1. The quantitative estimate of drug-likeness (QED) is 0.688. The summed E-state index contributed by atoms with van der Waals surface area (Å²) >= 11 is 0. The predicted molar refractivity (Wildman–Crippen MR) is 106 cm³/mol. The van der Waals surface area contributed by atoms with Crippen molar-refractivity contribution in [3.8, 4) is 34.3 Å². The molecular weight excluding hydrogens is 360 g/mol. The van der Waals surface area contributed by atoms with Crippen molar-refractivity contribution in [2.75, 3.05) is 14.2 Å². The Kier molecular flexibility index (Phi) is 4.26. The Hall–Kier alpha value is -3.41. The highest BCUT2D eigenvalue weighted by Gasteiger charge is 2.31. The summed E-state index contributed by atoms with van der Waals surface area (Å²) in [6, 6.07) is 8.05. The van der Waals surface area contributed by atoms with Crippen molar-refractivity contribution in [1.29, 1.82) is 0 Å². The van der Waals surface area contributed by atoms with E-state index in [4.69, 9.17) is 18.6 Å². The third kappa shape index (κ3) is 2.69. The Labute approximate surface area is 161 Å². The minimum Gasteiger partial charge on any atom is -0.508 e. The van der Waals surface area contributed by atoms with Gasteiger partial charge in [-0.25, -0.2) is 0 Å². The number of ether oxygens (including phenoxy) is 3. The van der Waals surface area contributed by atoms with Crippen LogP contribution in [0.25, 0.3) is 22.3 Å². The molecule has 0 saturated carbocycles. The molecule has 1 aliphatic heterocycles. The highest BCUT2D eigenvalue weighted by atomic mass is 16.5. The molecule has 0 aliphatic carbocycles. The first kappa shape index (κ1) is 18.0. The van der Waals surface area contributed by atoms with Gasteiger partial charge < -0.3 is 23.7 Å². The molecular formula is C22H20O6. The van der Waals surface area contributed by atoms with E-state index in [9.17, 15) is 9.90 Å². The van der Waals surface area contributed by atoms with Crippen LogP contribution in [0.15, 0.2) is 51.7 Å². The molecule has 144 valence electrons. The van der Waals surface area contributed by atoms with E-state index in [2.05, 4.69) is 6.58 Å². The van der Waals surface area contributed by atoms with E-state index in [-0.39, 0.29) is 28.8 Å². The minimum absolute atomic E-state index is 0.0757. The summed E-state index contributed by atoms with van der Waals surface area (Å²) in [6.45, 7) is 5.86. The Bertz CT molecular complexity index is 1140. The largest absolute Gasteiger partial charge is 0.508 e. The molecule has 1 aromatic heterocycles. The molecule has 0 saturated heterocycles. The van der Waals surface area contributed by atoms with Gasteiger partial charge in [0.2, 0.25) is 11.2 Å². The van der Waals surface area contributed by atoms with E-state index < -0.39 is 0 Å². The van der Waals surface area contributed by atoms with E-state index in [0.29, 0.717) is 34.5 Å². The second-order valence-electron chi connectivity index (χ2n) is 6.76. The fourth-order valence-electron chi connectivity index (χ4n) is 3.49. The van der Waals surface area contributed by atoms with Crippen LogP contribution in [-0.4, -0.2) is 25.4 Å². The first-order valence-corrected chi connectivity index (χ1v) is 8.80. The molecule has 2 aromatic carbocycles. The van der Waals surface area contributed by atoms with E-state index in [1.165, 1.54) is 26.4 Å². The molecule has 0 fully saturated rings. The van der Waals surface area contributed by atoms with Gasteiger partial charge >= 0.3 is 0 Å². The van der Waals surface area contributed by atoms with Crippen molar-refractivity contribution in [3.05, 3.63) is 58.3 Å². The van der Waals surface area contributed by atoms with Crippen molar-refractivity contribution >= 4 is 11.0 Å². The Morgan fingerprint density at radius 1 is 1.18 bits per heavy atom. The Balaban J connectivity index is 2.02. The molecule has 0 bridgehead atoms. The van der Waals surface area contributed by atoms with Crippen molar-refractivity contribution in [2.24, 2.45) is 0 Å². The van der Waals surface area contributed by atoms with Gasteiger partial charge in [0.05, 0.1) is 14.2 Å². The topological polar surface area (TPSA) is 78.1 Å². The number of fused-ring (bicyclic) bond motifs is 2. The third-order valence-corrected chi connectivity index (χ3v) is 4.90. The van der Waals surface area contributed by atoms with Crippen LogP contribution in [0, 0.1) is 0 Å². The van der Waals surface area contributed by atoms with E-state index >= 15 is 0 Å². The molecule has 3 aromatic rings. The van der Waals surface area contributed by atoms with Crippen molar-refractivity contribution in [3.63, 3.8) is 0 Å². The number of hydrogen-bond donors (Lipinski definition) is 1. The normalized spacial score (nSPS) is 15.2. The monoisotopic (exact) mass is 380 g/mol. The van der Waals surface area contributed by atoms with Crippen molar-refractivity contribution in [1.82, 2.24) is 0 Å². The first-order valence-electron chi connectivity index (χ1n) is 8.80. The van der Waals surface area contributed by atoms with Gasteiger partial charge in [-0.3, -0.25) is 4.79 Å². The summed E-state index contributed by atoms with van der Waals surface area (Å²) in [4.78, 5) is 13.2. The van der Waals surface area contributed by atoms with E-state index in [1.807, 2.05) is 6.92 Å². The van der Waals surface area contributed by atoms with Gasteiger partial charge in [-0.05, 0) is 36.8 Å². The number of phenolic OH excluding ortho intramolecular Hbond substituents is 1. The van der Waals surface area contributed by atoms with Gasteiger partial charge in [0.1, 0.15) is 34.3 Å². The lowest BCUT2D eigenvalue weighted by atomic mass is 10.0. The highest BCUT2D eigenvalue weighted by Crippen LogP contribution is 2.44. The second kappa shape index (κ2) is 6.64. The van der Waals surface area contributed by atoms with Crippen LogP contribution in [0.2, 0.25) is 0 Å². The van der Waals surface area contributed by atoms with Crippen LogP contribution in [0.3, 0.4) is 0 Å². The lowest BCUT2D eigenvalue weighted by Crippen LogP contribution is -2.13. The number of rotatable bonds is 4. The van der Waals surface area contributed by atoms with Gasteiger partial charge in [0.15, 0.2) is 5.76 Å². The Morgan fingerprint density at radius 2 is 1.86 bits per heavy atom. The van der Waals surface area contributed by atoms with Gasteiger partial charge in [0, 0.05) is 23.6 Å². The maximum absolute atomic E-state index is 13.2. The minimum atomic E-state index is -0.328. The third-order valence-electron chi connectivity index (χ3n) is 4.90. The molecule has 0 unspecified atom stereocenters. The molecule has 0 spiro atoms. The number of hydrogen-bond acceptors (Lipinski definition) is 6. The highest BCUT2D eigenvalue weighted by molar-refractivity contribution is 5.90. The van der Waals surface area contributed by atoms with E-state index in [1.54, 1.807) is 18.2 Å². The van der Waals surface area contributed by atoms with Gasteiger partial charge in [-0.15, -0.1) is 0 Å². The summed E-state index contributed by atoms with van der Waals surface area (Å²) < 4.78 is 23.0. The van der Waals surface area contributed by atoms with Crippen LogP contribution in [0.4, 0.5) is 0 Å². The zero-order chi connectivity index (χ0) is 20.0. The van der Waals surface area contributed by atoms with E-state index in [0.717, 1.165) is 11.1 Å². The van der Waals surface area contributed by atoms with Gasteiger partial charge in [-0.2, -0.15) is 0 Å². The Morgan fingerprint density at radius 3 is 2.46 bits per heavy atom. The van der Waals surface area contributed by atoms with Crippen LogP contribution in [0.5, 0.6) is 23.0 Å². The lowest BCUT2D eigenvalue weighted by molar-refractivity contribution is 0.271. The van der Waals surface area contributed by atoms with Crippen LogP contribution in [0.1, 0.15) is 12.5 Å². The lowest BCUT2D eigenvalue weighted by Gasteiger charge is -2.13. The average molecular weight is 380 g/mol. The van der Waals surface area contributed by atoms with Gasteiger partial charge in [-0.1, -0.05) is 6.58 Å². The molecule has 1 N–H and O–H groups in total. The summed E-state index contributed by atoms with van der Waals surface area (Å²) in [5.41, 5.74) is 2.32. The molecule has 4 rings (SSSR count). The summed E-state index contributed by atoms with van der Waals surface area (Å²) in [5.74, 6) is 1.51. The number of methoxy groups -OCH3 is 2. The predicted octanol–water partition coefficient (Wildman–Crippen LogP) is 4.06. The zero-order valence-corrected chi connectivity index (χ0v) is 15.9. The summed E-state index contributed by atoms with van der Waals surface area (Å²) in [6.07, 6.45) is 0.403. The molecule has 6 nitrogen and oxygen atoms in total. The molecule has 6 heteroatoms. The SMILES string of the molecule is C=C(C)[C@@H]1Cc2c(cc3oc(-c4ccc(O)cc4)c(OC)c(=O)c3c2OC)O1. The zero-order valence-electron chi connectivity index (χ0n) is 15.9. The number of benzene rings is 2. The fourth-order valence-corrected chi connectivity index (χ4v) is 3.49. The number of aromatic hydroxyl groups is 1. The molecule has 1 aliphatic rings. The summed E-state index contributed by atoms with van der Waals surface area (Å²) in [7, 11) is 2.94. The fraction of sp³-hybridized carbons (Fsp3) is 0.227. The second-order valence-corrected chi connectivity index (χ2v) is 6.76. The van der Waals surface area contributed by atoms with Crippen molar-refractivity contribution < 1.29 is 23.7 Å². The molecule has 1 atom stereocenters. The smallest absolute Gasteiger partial charge is 0.239 e. The van der Waals surface area contributed by atoms with Crippen molar-refractivity contribution in [2.45, 2.75) is 19.4 Å². The molecule has 2 heterocycles. The molecule has 0 amide bonds. The van der Waals surface area contributed by atoms with Crippen LogP contribution < -0.4 is 19.6 Å². The van der Waals surface area contributed by atoms with Crippen LogP contribution in [-0.2, 0) is 6.42 Å².